The monoisotopic (exact) mass is 551 g/mol. The molecule has 0 amide bonds. The van der Waals surface area contributed by atoms with Crippen LogP contribution >= 0.6 is 0 Å². The van der Waals surface area contributed by atoms with Gasteiger partial charge in [0.05, 0.1) is 22.5 Å². The quantitative estimate of drug-likeness (QED) is 0.276. The number of fused-ring (bicyclic) bond motifs is 1. The normalized spacial score (nSPS) is 11.7. The van der Waals surface area contributed by atoms with Crippen LogP contribution in [0.15, 0.2) is 94.7 Å². The first kappa shape index (κ1) is 26.1. The Labute approximate surface area is 222 Å². The summed E-state index contributed by atoms with van der Waals surface area (Å²) in [5.74, 6) is 0.867. The fourth-order valence-corrected chi connectivity index (χ4v) is 4.84. The van der Waals surface area contributed by atoms with Gasteiger partial charge < -0.3 is 19.0 Å². The lowest BCUT2D eigenvalue weighted by Crippen LogP contribution is -2.11. The molecule has 3 aromatic carbocycles. The van der Waals surface area contributed by atoms with E-state index in [4.69, 9.17) is 14.5 Å². The fraction of sp³-hybridized carbons (Fsp3) is 0.143. The molecule has 2 aromatic heterocycles. The Balaban J connectivity index is 1.56. The van der Waals surface area contributed by atoms with Gasteiger partial charge in [-0.3, -0.25) is 4.79 Å². The molecule has 200 valence electrons. The van der Waals surface area contributed by atoms with Crippen LogP contribution in [0, 0.1) is 0 Å². The summed E-state index contributed by atoms with van der Waals surface area (Å²) >= 11 is 0. The van der Waals surface area contributed by atoms with Gasteiger partial charge in [0.25, 0.3) is 0 Å². The van der Waals surface area contributed by atoms with Crippen molar-refractivity contribution in [1.82, 2.24) is 14.5 Å². The van der Waals surface area contributed by atoms with E-state index in [2.05, 4.69) is 4.98 Å². The Bertz CT molecular complexity index is 1800. The maximum atomic E-state index is 13.1. The van der Waals surface area contributed by atoms with Crippen molar-refractivity contribution in [2.75, 3.05) is 6.26 Å². The molecule has 0 bridgehead atoms. The molecule has 5 rings (SSSR count). The van der Waals surface area contributed by atoms with Crippen molar-refractivity contribution in [2.24, 2.45) is 0 Å². The molecular formula is C28H23F2N3O5S. The Morgan fingerprint density at radius 1 is 0.974 bits per heavy atom. The van der Waals surface area contributed by atoms with E-state index >= 15 is 0 Å². The number of imidazole rings is 1. The molecule has 8 nitrogen and oxygen atoms in total. The molecule has 0 atom stereocenters. The van der Waals surface area contributed by atoms with E-state index in [1.165, 1.54) is 24.3 Å². The van der Waals surface area contributed by atoms with E-state index in [1.807, 2.05) is 22.8 Å². The van der Waals surface area contributed by atoms with Crippen molar-refractivity contribution in [1.29, 1.82) is 0 Å². The number of H-pyrrole nitrogens is 1. The van der Waals surface area contributed by atoms with Crippen molar-refractivity contribution in [3.05, 3.63) is 107 Å². The van der Waals surface area contributed by atoms with Crippen molar-refractivity contribution in [3.63, 3.8) is 0 Å². The number of hydrogen-bond donors (Lipinski definition) is 1. The van der Waals surface area contributed by atoms with Crippen molar-refractivity contribution in [3.8, 4) is 22.6 Å². The van der Waals surface area contributed by atoms with E-state index in [0.29, 0.717) is 28.2 Å². The van der Waals surface area contributed by atoms with Crippen molar-refractivity contribution < 1.29 is 26.7 Å². The second kappa shape index (κ2) is 10.7. The molecule has 39 heavy (non-hydrogen) atoms. The molecule has 1 N–H and O–H groups in total. The van der Waals surface area contributed by atoms with Crippen LogP contribution in [0.25, 0.3) is 22.2 Å². The number of alkyl halides is 2. The lowest BCUT2D eigenvalue weighted by molar-refractivity contribution is -0.0504. The second-order valence-corrected chi connectivity index (χ2v) is 10.8. The molecule has 2 heterocycles. The van der Waals surface area contributed by atoms with Crippen LogP contribution in [-0.2, 0) is 23.0 Å². The first-order valence-electron chi connectivity index (χ1n) is 11.8. The molecule has 0 saturated heterocycles. The predicted molar refractivity (Wildman–Crippen MR) is 142 cm³/mol. The van der Waals surface area contributed by atoms with Gasteiger partial charge in [0.1, 0.15) is 23.9 Å². The first-order valence-corrected chi connectivity index (χ1v) is 13.7. The minimum absolute atomic E-state index is 0.0201. The topological polar surface area (TPSA) is 103 Å². The summed E-state index contributed by atoms with van der Waals surface area (Å²) in [5, 5.41) is 0. The molecule has 0 saturated carbocycles. The van der Waals surface area contributed by atoms with E-state index in [1.54, 1.807) is 42.6 Å². The molecular weight excluding hydrogens is 528 g/mol. The second-order valence-electron chi connectivity index (χ2n) is 8.78. The number of rotatable bonds is 9. The highest BCUT2D eigenvalue weighted by Gasteiger charge is 2.17. The first-order chi connectivity index (χ1) is 18.7. The van der Waals surface area contributed by atoms with Gasteiger partial charge in [-0.2, -0.15) is 8.78 Å². The third-order valence-electron chi connectivity index (χ3n) is 6.06. The van der Waals surface area contributed by atoms with E-state index < -0.39 is 16.4 Å². The van der Waals surface area contributed by atoms with Crippen molar-refractivity contribution in [2.45, 2.75) is 24.7 Å². The molecule has 0 aliphatic carbocycles. The van der Waals surface area contributed by atoms with Gasteiger partial charge in [0.2, 0.25) is 5.56 Å². The van der Waals surface area contributed by atoms with E-state index in [0.717, 1.165) is 17.4 Å². The number of para-hydroxylation sites is 1. The zero-order valence-electron chi connectivity index (χ0n) is 20.7. The predicted octanol–water partition coefficient (Wildman–Crippen LogP) is 5.02. The number of sulfone groups is 1. The highest BCUT2D eigenvalue weighted by Crippen LogP contribution is 2.28. The highest BCUT2D eigenvalue weighted by molar-refractivity contribution is 7.90. The van der Waals surface area contributed by atoms with Crippen LogP contribution in [0.3, 0.4) is 0 Å². The third-order valence-corrected chi connectivity index (χ3v) is 7.17. The summed E-state index contributed by atoms with van der Waals surface area (Å²) < 4.78 is 62.5. The van der Waals surface area contributed by atoms with Crippen LogP contribution in [0.1, 0.15) is 11.4 Å². The number of halogens is 2. The number of ether oxygens (including phenoxy) is 2. The number of nitrogens with zero attached hydrogens (tertiary/aromatic N) is 2. The van der Waals surface area contributed by atoms with Gasteiger partial charge in [-0.05, 0) is 53.6 Å². The number of aromatic nitrogens is 3. The number of pyridine rings is 1. The van der Waals surface area contributed by atoms with Gasteiger partial charge >= 0.3 is 6.61 Å². The summed E-state index contributed by atoms with van der Waals surface area (Å²) in [5.41, 5.74) is 3.21. The molecule has 0 unspecified atom stereocenters. The summed E-state index contributed by atoms with van der Waals surface area (Å²) in [4.78, 5) is 19.0. The highest BCUT2D eigenvalue weighted by atomic mass is 32.2. The van der Waals surface area contributed by atoms with Crippen LogP contribution in [-0.4, -0.2) is 35.8 Å². The Hall–Kier alpha value is -4.51. The number of nitrogens with one attached hydrogen (secondary N) is 1. The standard InChI is InChI=1S/C28H23F2N3O5S/c1-39(35,36)22-7-4-6-21(14-22)37-17-26-32-23-11-9-18(19-10-12-27(34)31-15-19)13-24(23)33(26)16-20-5-2-3-8-25(20)38-28(29)30/h2-15,28H,16-17H2,1H3,(H,31,34). The van der Waals surface area contributed by atoms with Gasteiger partial charge in [-0.25, -0.2) is 13.4 Å². The molecule has 11 heteroatoms. The Morgan fingerprint density at radius 2 is 1.77 bits per heavy atom. The zero-order chi connectivity index (χ0) is 27.6. The maximum absolute atomic E-state index is 13.1. The molecule has 0 fully saturated rings. The molecule has 5 aromatic rings. The van der Waals surface area contributed by atoms with Gasteiger partial charge in [-0.1, -0.05) is 30.3 Å². The molecule has 0 radical (unpaired) electrons. The average Bonchev–Trinajstić information content (AvgIpc) is 3.25. The third kappa shape index (κ3) is 5.99. The number of hydrogen-bond acceptors (Lipinski definition) is 6. The van der Waals surface area contributed by atoms with Crippen LogP contribution < -0.4 is 15.0 Å². The van der Waals surface area contributed by atoms with E-state index in [-0.39, 0.29) is 29.4 Å². The maximum Gasteiger partial charge on any atom is 0.387 e. The van der Waals surface area contributed by atoms with E-state index in [9.17, 15) is 22.0 Å². The van der Waals surface area contributed by atoms with Gasteiger partial charge in [-0.15, -0.1) is 0 Å². The number of benzene rings is 3. The summed E-state index contributed by atoms with van der Waals surface area (Å²) in [6, 6.07) is 21.3. The summed E-state index contributed by atoms with van der Waals surface area (Å²) in [6.07, 6.45) is 2.72. The smallest absolute Gasteiger partial charge is 0.387 e. The number of aromatic amines is 1. The van der Waals surface area contributed by atoms with Gasteiger partial charge in [0, 0.05) is 24.1 Å². The fourth-order valence-electron chi connectivity index (χ4n) is 4.19. The minimum Gasteiger partial charge on any atom is -0.486 e. The van der Waals surface area contributed by atoms with Crippen molar-refractivity contribution >= 4 is 20.9 Å². The summed E-state index contributed by atoms with van der Waals surface area (Å²) in [7, 11) is -3.42. The minimum atomic E-state index is -3.42. The largest absolute Gasteiger partial charge is 0.486 e. The lowest BCUT2D eigenvalue weighted by atomic mass is 10.1. The van der Waals surface area contributed by atoms with Crippen LogP contribution in [0.4, 0.5) is 8.78 Å². The lowest BCUT2D eigenvalue weighted by Gasteiger charge is -2.14. The van der Waals surface area contributed by atoms with Crippen LogP contribution in [0.2, 0.25) is 0 Å². The van der Waals surface area contributed by atoms with Crippen LogP contribution in [0.5, 0.6) is 11.5 Å². The Morgan fingerprint density at radius 3 is 2.51 bits per heavy atom. The average molecular weight is 552 g/mol. The molecule has 0 aliphatic heterocycles. The zero-order valence-corrected chi connectivity index (χ0v) is 21.5. The molecule has 0 spiro atoms. The van der Waals surface area contributed by atoms with Gasteiger partial charge in [0.15, 0.2) is 9.84 Å². The summed E-state index contributed by atoms with van der Waals surface area (Å²) in [6.45, 7) is -2.85. The SMILES string of the molecule is CS(=O)(=O)c1cccc(OCc2nc3ccc(-c4ccc(=O)[nH]c4)cc3n2Cc2ccccc2OC(F)F)c1. The molecule has 0 aliphatic rings. The Kier molecular flexibility index (Phi) is 7.16.